The van der Waals surface area contributed by atoms with Crippen LogP contribution in [0.5, 0.6) is 0 Å². The predicted molar refractivity (Wildman–Crippen MR) is 71.0 cm³/mol. The minimum atomic E-state index is -4.39. The molecular formula is C14H16F3N3. The number of aromatic nitrogens is 2. The molecular weight excluding hydrogens is 267 g/mol. The quantitative estimate of drug-likeness (QED) is 0.941. The minimum absolute atomic E-state index is 0.142. The van der Waals surface area contributed by atoms with Gasteiger partial charge in [-0.2, -0.15) is 18.3 Å². The van der Waals surface area contributed by atoms with Gasteiger partial charge >= 0.3 is 6.18 Å². The van der Waals surface area contributed by atoms with Crippen LogP contribution < -0.4 is 5.73 Å². The number of nitrogens with zero attached hydrogens (tertiary/aromatic N) is 2. The van der Waals surface area contributed by atoms with Gasteiger partial charge in [0.15, 0.2) is 0 Å². The first kappa shape index (κ1) is 14.6. The van der Waals surface area contributed by atoms with Gasteiger partial charge < -0.3 is 5.73 Å². The van der Waals surface area contributed by atoms with Crippen molar-refractivity contribution in [3.63, 3.8) is 0 Å². The Labute approximate surface area is 115 Å². The average Bonchev–Trinajstić information content (AvgIpc) is 2.68. The summed E-state index contributed by atoms with van der Waals surface area (Å²) in [6, 6.07) is 5.35. The smallest absolute Gasteiger partial charge is 0.328 e. The van der Waals surface area contributed by atoms with Crippen LogP contribution in [0.4, 0.5) is 13.2 Å². The summed E-state index contributed by atoms with van der Waals surface area (Å²) in [7, 11) is 1.68. The molecule has 2 aromatic rings. The van der Waals surface area contributed by atoms with Gasteiger partial charge in [0.1, 0.15) is 0 Å². The zero-order chi connectivity index (χ0) is 14.9. The molecule has 6 heteroatoms. The Morgan fingerprint density at radius 2 is 1.90 bits per heavy atom. The minimum Gasteiger partial charge on any atom is -0.328 e. The van der Waals surface area contributed by atoms with Crippen LogP contribution in [0.25, 0.3) is 11.1 Å². The second-order valence-electron chi connectivity index (χ2n) is 4.89. The number of aryl methyl sites for hydroxylation is 1. The first-order valence-corrected chi connectivity index (χ1v) is 6.23. The molecule has 0 bridgehead atoms. The summed E-state index contributed by atoms with van der Waals surface area (Å²) in [5.41, 5.74) is 6.29. The van der Waals surface area contributed by atoms with E-state index in [0.29, 0.717) is 17.7 Å². The van der Waals surface area contributed by atoms with Crippen molar-refractivity contribution >= 4 is 0 Å². The molecule has 0 spiro atoms. The van der Waals surface area contributed by atoms with Crippen LogP contribution in [0.3, 0.4) is 0 Å². The zero-order valence-corrected chi connectivity index (χ0v) is 11.3. The first-order chi connectivity index (χ1) is 9.29. The second-order valence-corrected chi connectivity index (χ2v) is 4.89. The van der Waals surface area contributed by atoms with Crippen LogP contribution >= 0.6 is 0 Å². The lowest BCUT2D eigenvalue weighted by atomic mass is 9.98. The number of hydrogen-bond acceptors (Lipinski definition) is 2. The Hall–Kier alpha value is -1.82. The summed E-state index contributed by atoms with van der Waals surface area (Å²) in [4.78, 5) is 0. The molecule has 1 atom stereocenters. The molecule has 3 nitrogen and oxygen atoms in total. The van der Waals surface area contributed by atoms with E-state index in [4.69, 9.17) is 5.73 Å². The van der Waals surface area contributed by atoms with E-state index in [1.807, 2.05) is 0 Å². The van der Waals surface area contributed by atoms with E-state index < -0.39 is 11.7 Å². The Morgan fingerprint density at radius 1 is 1.25 bits per heavy atom. The molecule has 0 fully saturated rings. The van der Waals surface area contributed by atoms with Crippen LogP contribution in [0.2, 0.25) is 0 Å². The normalized spacial score (nSPS) is 13.5. The van der Waals surface area contributed by atoms with Gasteiger partial charge in [-0.25, -0.2) is 0 Å². The van der Waals surface area contributed by atoms with Crippen molar-refractivity contribution in [1.82, 2.24) is 9.78 Å². The lowest BCUT2D eigenvalue weighted by Gasteiger charge is -2.13. The summed E-state index contributed by atoms with van der Waals surface area (Å²) in [5, 5.41) is 4.22. The van der Waals surface area contributed by atoms with E-state index in [0.717, 1.165) is 6.07 Å². The van der Waals surface area contributed by atoms with E-state index in [2.05, 4.69) is 5.10 Å². The highest BCUT2D eigenvalue weighted by Gasteiger charge is 2.34. The van der Waals surface area contributed by atoms with E-state index in [1.54, 1.807) is 26.2 Å². The lowest BCUT2D eigenvalue weighted by Crippen LogP contribution is -2.18. The summed E-state index contributed by atoms with van der Waals surface area (Å²) < 4.78 is 40.8. The molecule has 1 aromatic heterocycles. The second kappa shape index (κ2) is 5.28. The fraction of sp³-hybridized carbons (Fsp3) is 0.357. The van der Waals surface area contributed by atoms with Gasteiger partial charge in [0.05, 0.1) is 11.3 Å². The third-order valence-corrected chi connectivity index (χ3v) is 2.94. The third-order valence-electron chi connectivity index (χ3n) is 2.94. The first-order valence-electron chi connectivity index (χ1n) is 6.23. The number of hydrogen-bond donors (Lipinski definition) is 1. The van der Waals surface area contributed by atoms with Gasteiger partial charge in [0, 0.05) is 31.3 Å². The molecule has 1 heterocycles. The highest BCUT2D eigenvalue weighted by molar-refractivity contribution is 5.69. The van der Waals surface area contributed by atoms with Crippen molar-refractivity contribution in [2.24, 2.45) is 12.8 Å². The predicted octanol–water partition coefficient (Wildman–Crippen LogP) is 3.00. The van der Waals surface area contributed by atoms with Gasteiger partial charge in [-0.05, 0) is 18.6 Å². The largest absolute Gasteiger partial charge is 0.417 e. The van der Waals surface area contributed by atoms with Crippen molar-refractivity contribution in [2.75, 3.05) is 0 Å². The molecule has 108 valence electrons. The Balaban J connectivity index is 2.57. The highest BCUT2D eigenvalue weighted by Crippen LogP contribution is 2.37. The fourth-order valence-corrected chi connectivity index (χ4v) is 2.18. The van der Waals surface area contributed by atoms with Crippen LogP contribution in [0, 0.1) is 0 Å². The monoisotopic (exact) mass is 283 g/mol. The van der Waals surface area contributed by atoms with E-state index in [1.165, 1.54) is 16.8 Å². The van der Waals surface area contributed by atoms with Crippen molar-refractivity contribution in [3.05, 3.63) is 41.7 Å². The number of rotatable bonds is 3. The van der Waals surface area contributed by atoms with Crippen LogP contribution in [0.1, 0.15) is 18.2 Å². The standard InChI is InChI=1S/C14H16F3N3/c1-9(18)7-13-11(8-20(2)19-13)10-5-3-4-6-12(10)14(15,16)17/h3-6,8-9H,7,18H2,1-2H3. The molecule has 0 radical (unpaired) electrons. The third kappa shape index (κ3) is 3.01. The van der Waals surface area contributed by atoms with Crippen molar-refractivity contribution in [2.45, 2.75) is 25.6 Å². The van der Waals surface area contributed by atoms with Crippen LogP contribution in [-0.2, 0) is 19.6 Å². The van der Waals surface area contributed by atoms with Gasteiger partial charge in [-0.3, -0.25) is 4.68 Å². The van der Waals surface area contributed by atoms with E-state index >= 15 is 0 Å². The molecule has 0 aliphatic heterocycles. The van der Waals surface area contributed by atoms with Crippen molar-refractivity contribution in [3.8, 4) is 11.1 Å². The number of nitrogens with two attached hydrogens (primary N) is 1. The van der Waals surface area contributed by atoms with Crippen molar-refractivity contribution in [1.29, 1.82) is 0 Å². The van der Waals surface area contributed by atoms with Crippen LogP contribution in [0.15, 0.2) is 30.5 Å². The summed E-state index contributed by atoms with van der Waals surface area (Å²) in [6.45, 7) is 1.80. The number of halogens is 3. The molecule has 2 rings (SSSR count). The van der Waals surface area contributed by atoms with Gasteiger partial charge in [0.2, 0.25) is 0 Å². The molecule has 0 saturated carbocycles. The highest BCUT2D eigenvalue weighted by atomic mass is 19.4. The maximum absolute atomic E-state index is 13.1. The summed E-state index contributed by atoms with van der Waals surface area (Å²) >= 11 is 0. The Morgan fingerprint density at radius 3 is 2.50 bits per heavy atom. The van der Waals surface area contributed by atoms with Gasteiger partial charge in [-0.15, -0.1) is 0 Å². The summed E-state index contributed by atoms with van der Waals surface area (Å²) in [6.07, 6.45) is -2.36. The average molecular weight is 283 g/mol. The molecule has 1 unspecified atom stereocenters. The maximum Gasteiger partial charge on any atom is 0.417 e. The number of benzene rings is 1. The fourth-order valence-electron chi connectivity index (χ4n) is 2.18. The van der Waals surface area contributed by atoms with E-state index in [-0.39, 0.29) is 11.6 Å². The molecule has 0 aliphatic carbocycles. The zero-order valence-electron chi connectivity index (χ0n) is 11.3. The molecule has 1 aromatic carbocycles. The van der Waals surface area contributed by atoms with Crippen molar-refractivity contribution < 1.29 is 13.2 Å². The number of alkyl halides is 3. The molecule has 0 amide bonds. The molecule has 0 saturated heterocycles. The topological polar surface area (TPSA) is 43.8 Å². The summed E-state index contributed by atoms with van der Waals surface area (Å²) in [5.74, 6) is 0. The Bertz CT molecular complexity index is 600. The molecule has 2 N–H and O–H groups in total. The van der Waals surface area contributed by atoms with Gasteiger partial charge in [0.25, 0.3) is 0 Å². The SMILES string of the molecule is CC(N)Cc1nn(C)cc1-c1ccccc1C(F)(F)F. The van der Waals surface area contributed by atoms with E-state index in [9.17, 15) is 13.2 Å². The van der Waals surface area contributed by atoms with Crippen LogP contribution in [-0.4, -0.2) is 15.8 Å². The molecule has 0 aliphatic rings. The molecule has 20 heavy (non-hydrogen) atoms. The Kier molecular flexibility index (Phi) is 3.85. The lowest BCUT2D eigenvalue weighted by molar-refractivity contribution is -0.137. The van der Waals surface area contributed by atoms with Gasteiger partial charge in [-0.1, -0.05) is 18.2 Å². The maximum atomic E-state index is 13.1.